The molecule has 2 nitrogen and oxygen atoms in total. The van der Waals surface area contributed by atoms with Gasteiger partial charge in [0, 0.05) is 0 Å². The molecule has 0 aromatic heterocycles. The zero-order valence-corrected chi connectivity index (χ0v) is 12.9. The zero-order chi connectivity index (χ0) is 14.0. The van der Waals surface area contributed by atoms with Gasteiger partial charge < -0.3 is 0 Å². The minimum absolute atomic E-state index is 0.134. The number of sulfone groups is 1. The highest BCUT2D eigenvalue weighted by atomic mass is 32.2. The van der Waals surface area contributed by atoms with Crippen LogP contribution in [0.25, 0.3) is 0 Å². The quantitative estimate of drug-likeness (QED) is 0.835. The number of rotatable bonds is 4. The average molecular weight is 268 g/mol. The van der Waals surface area contributed by atoms with Crippen molar-refractivity contribution in [3.8, 4) is 0 Å². The Hall–Kier alpha value is -0.830. The van der Waals surface area contributed by atoms with Crippen LogP contribution in [-0.2, 0) is 22.0 Å². The Kier molecular flexibility index (Phi) is 4.60. The second kappa shape index (κ2) is 5.43. The first-order chi connectivity index (χ1) is 8.17. The maximum Gasteiger partial charge on any atom is 0.159 e. The third-order valence-corrected chi connectivity index (χ3v) is 5.78. The van der Waals surface area contributed by atoms with Crippen LogP contribution in [0.15, 0.2) is 18.2 Å². The zero-order valence-electron chi connectivity index (χ0n) is 12.1. The average Bonchev–Trinajstić information content (AvgIpc) is 2.21. The first-order valence-corrected chi connectivity index (χ1v) is 8.13. The molecule has 0 bridgehead atoms. The summed E-state index contributed by atoms with van der Waals surface area (Å²) in [6.07, 6.45) is 2.16. The van der Waals surface area contributed by atoms with Crippen molar-refractivity contribution >= 4 is 9.84 Å². The topological polar surface area (TPSA) is 34.1 Å². The van der Waals surface area contributed by atoms with Crippen molar-refractivity contribution in [3.63, 3.8) is 0 Å². The Bertz CT molecular complexity index is 508. The molecule has 0 saturated heterocycles. The molecule has 0 saturated carbocycles. The fraction of sp³-hybridized carbons (Fsp3) is 0.600. The van der Waals surface area contributed by atoms with Gasteiger partial charge >= 0.3 is 0 Å². The van der Waals surface area contributed by atoms with E-state index in [-0.39, 0.29) is 5.75 Å². The summed E-state index contributed by atoms with van der Waals surface area (Å²) in [5, 5.41) is 0. The Morgan fingerprint density at radius 2 is 1.78 bits per heavy atom. The summed E-state index contributed by atoms with van der Waals surface area (Å²) in [5.74, 6) is 0.134. The SMILES string of the molecule is CCCc1ccc(CS(=O)(=O)C(C)(C)C)c(C)c1. The van der Waals surface area contributed by atoms with E-state index in [1.807, 2.05) is 19.1 Å². The largest absolute Gasteiger partial charge is 0.228 e. The molecule has 1 rings (SSSR count). The van der Waals surface area contributed by atoms with Gasteiger partial charge in [0.1, 0.15) is 0 Å². The van der Waals surface area contributed by atoms with Gasteiger partial charge in [-0.15, -0.1) is 0 Å². The molecule has 0 fully saturated rings. The molecular weight excluding hydrogens is 244 g/mol. The Balaban J connectivity index is 3.00. The van der Waals surface area contributed by atoms with Crippen molar-refractivity contribution in [1.82, 2.24) is 0 Å². The fourth-order valence-electron chi connectivity index (χ4n) is 1.79. The lowest BCUT2D eigenvalue weighted by atomic mass is 10.0. The van der Waals surface area contributed by atoms with Crippen molar-refractivity contribution in [2.45, 2.75) is 58.0 Å². The fourth-order valence-corrected chi connectivity index (χ4v) is 2.95. The van der Waals surface area contributed by atoms with E-state index >= 15 is 0 Å². The standard InChI is InChI=1S/C15H24O2S/c1-6-7-13-8-9-14(12(2)10-13)11-18(16,17)15(3,4)5/h8-10H,6-7,11H2,1-5H3. The molecule has 102 valence electrons. The monoisotopic (exact) mass is 268 g/mol. The highest BCUT2D eigenvalue weighted by molar-refractivity contribution is 7.91. The Morgan fingerprint density at radius 3 is 2.22 bits per heavy atom. The molecule has 1 aromatic rings. The van der Waals surface area contributed by atoms with Crippen LogP contribution >= 0.6 is 0 Å². The smallest absolute Gasteiger partial charge is 0.159 e. The van der Waals surface area contributed by atoms with Crippen LogP contribution in [0.5, 0.6) is 0 Å². The van der Waals surface area contributed by atoms with E-state index in [9.17, 15) is 8.42 Å². The van der Waals surface area contributed by atoms with Gasteiger partial charge in [-0.25, -0.2) is 8.42 Å². The molecule has 0 atom stereocenters. The van der Waals surface area contributed by atoms with Crippen LogP contribution in [0.3, 0.4) is 0 Å². The van der Waals surface area contributed by atoms with Gasteiger partial charge in [-0.1, -0.05) is 31.5 Å². The van der Waals surface area contributed by atoms with E-state index in [1.54, 1.807) is 20.8 Å². The Labute approximate surface area is 111 Å². The van der Waals surface area contributed by atoms with E-state index in [0.717, 1.165) is 24.0 Å². The van der Waals surface area contributed by atoms with Crippen LogP contribution in [0, 0.1) is 6.92 Å². The lowest BCUT2D eigenvalue weighted by Gasteiger charge is -2.20. The summed E-state index contributed by atoms with van der Waals surface area (Å²) in [4.78, 5) is 0. The van der Waals surface area contributed by atoms with E-state index < -0.39 is 14.6 Å². The van der Waals surface area contributed by atoms with Crippen LogP contribution in [-0.4, -0.2) is 13.2 Å². The number of aryl methyl sites for hydroxylation is 2. The first kappa shape index (κ1) is 15.2. The summed E-state index contributed by atoms with van der Waals surface area (Å²) in [5.41, 5.74) is 3.28. The second-order valence-corrected chi connectivity index (χ2v) is 8.63. The Morgan fingerprint density at radius 1 is 1.17 bits per heavy atom. The predicted molar refractivity (Wildman–Crippen MR) is 77.6 cm³/mol. The van der Waals surface area contributed by atoms with Crippen LogP contribution in [0.4, 0.5) is 0 Å². The van der Waals surface area contributed by atoms with Gasteiger partial charge in [-0.3, -0.25) is 0 Å². The second-order valence-electron chi connectivity index (χ2n) is 5.88. The highest BCUT2D eigenvalue weighted by Crippen LogP contribution is 2.23. The maximum atomic E-state index is 12.2. The van der Waals surface area contributed by atoms with E-state index in [1.165, 1.54) is 5.56 Å². The molecule has 0 N–H and O–H groups in total. The van der Waals surface area contributed by atoms with Crippen molar-refractivity contribution in [2.75, 3.05) is 0 Å². The van der Waals surface area contributed by atoms with Crippen molar-refractivity contribution in [3.05, 3.63) is 34.9 Å². The summed E-state index contributed by atoms with van der Waals surface area (Å²) < 4.78 is 23.7. The third-order valence-electron chi connectivity index (χ3n) is 3.22. The lowest BCUT2D eigenvalue weighted by Crippen LogP contribution is -2.29. The molecule has 0 spiro atoms. The minimum atomic E-state index is -3.10. The molecule has 18 heavy (non-hydrogen) atoms. The normalized spacial score (nSPS) is 12.7. The van der Waals surface area contributed by atoms with E-state index in [4.69, 9.17) is 0 Å². The van der Waals surface area contributed by atoms with E-state index in [0.29, 0.717) is 0 Å². The van der Waals surface area contributed by atoms with Crippen LogP contribution in [0.2, 0.25) is 0 Å². The van der Waals surface area contributed by atoms with Crippen LogP contribution < -0.4 is 0 Å². The molecule has 0 unspecified atom stereocenters. The van der Waals surface area contributed by atoms with Crippen LogP contribution in [0.1, 0.15) is 50.8 Å². The molecule has 0 amide bonds. The molecule has 0 aliphatic rings. The summed E-state index contributed by atoms with van der Waals surface area (Å²) in [6.45, 7) is 9.40. The lowest BCUT2D eigenvalue weighted by molar-refractivity contribution is 0.559. The summed E-state index contributed by atoms with van der Waals surface area (Å²) >= 11 is 0. The predicted octanol–water partition coefficient (Wildman–Crippen LogP) is 3.66. The molecule has 3 heteroatoms. The van der Waals surface area contributed by atoms with Crippen molar-refractivity contribution < 1.29 is 8.42 Å². The number of hydrogen-bond donors (Lipinski definition) is 0. The van der Waals surface area contributed by atoms with Gasteiger partial charge in [0.2, 0.25) is 0 Å². The summed E-state index contributed by atoms with van der Waals surface area (Å²) in [7, 11) is -3.10. The van der Waals surface area contributed by atoms with Crippen molar-refractivity contribution in [2.24, 2.45) is 0 Å². The molecular formula is C15H24O2S. The molecule has 1 aromatic carbocycles. The molecule has 0 heterocycles. The molecule has 0 aliphatic carbocycles. The molecule has 0 radical (unpaired) electrons. The van der Waals surface area contributed by atoms with Gasteiger partial charge in [0.05, 0.1) is 10.5 Å². The van der Waals surface area contributed by atoms with E-state index in [2.05, 4.69) is 13.0 Å². The summed E-state index contributed by atoms with van der Waals surface area (Å²) in [6, 6.07) is 6.12. The molecule has 0 aliphatic heterocycles. The first-order valence-electron chi connectivity index (χ1n) is 6.48. The van der Waals surface area contributed by atoms with Gasteiger partial charge in [-0.05, 0) is 50.8 Å². The number of benzene rings is 1. The van der Waals surface area contributed by atoms with Gasteiger partial charge in [0.25, 0.3) is 0 Å². The highest BCUT2D eigenvalue weighted by Gasteiger charge is 2.29. The minimum Gasteiger partial charge on any atom is -0.228 e. The van der Waals surface area contributed by atoms with Crippen molar-refractivity contribution in [1.29, 1.82) is 0 Å². The van der Waals surface area contributed by atoms with Gasteiger partial charge in [-0.2, -0.15) is 0 Å². The maximum absolute atomic E-state index is 12.2. The van der Waals surface area contributed by atoms with Gasteiger partial charge in [0.15, 0.2) is 9.84 Å². The third kappa shape index (κ3) is 3.58. The number of hydrogen-bond acceptors (Lipinski definition) is 2.